The standard InChI is InChI=1S/C17H24N2O/c1-12-4-7-16(8-13(12)2)19-11-14-5-6-15(10-18)17(9-14)20-3/h5-6,9,12-13,16,19H,4,7-8,11H2,1-3H3. The van der Waals surface area contributed by atoms with Crippen LogP contribution in [0.1, 0.15) is 44.2 Å². The molecule has 0 heterocycles. The van der Waals surface area contributed by atoms with Crippen LogP contribution in [0.25, 0.3) is 0 Å². The van der Waals surface area contributed by atoms with Crippen molar-refractivity contribution in [3.63, 3.8) is 0 Å². The van der Waals surface area contributed by atoms with Gasteiger partial charge in [0.05, 0.1) is 12.7 Å². The van der Waals surface area contributed by atoms with Crippen LogP contribution in [0.4, 0.5) is 0 Å². The second-order valence-corrected chi connectivity index (χ2v) is 5.99. The van der Waals surface area contributed by atoms with Crippen molar-refractivity contribution in [3.05, 3.63) is 29.3 Å². The summed E-state index contributed by atoms with van der Waals surface area (Å²) in [5, 5.41) is 12.6. The maximum absolute atomic E-state index is 8.98. The number of nitrogens with one attached hydrogen (secondary N) is 1. The molecule has 3 atom stereocenters. The fourth-order valence-corrected chi connectivity index (χ4v) is 2.93. The van der Waals surface area contributed by atoms with Gasteiger partial charge in [0.1, 0.15) is 11.8 Å². The zero-order chi connectivity index (χ0) is 14.5. The first-order valence-corrected chi connectivity index (χ1v) is 7.44. The summed E-state index contributed by atoms with van der Waals surface area (Å²) >= 11 is 0. The van der Waals surface area contributed by atoms with E-state index in [1.54, 1.807) is 7.11 Å². The molecular formula is C17H24N2O. The quantitative estimate of drug-likeness (QED) is 0.912. The van der Waals surface area contributed by atoms with Gasteiger partial charge in [-0.2, -0.15) is 5.26 Å². The molecule has 3 nitrogen and oxygen atoms in total. The van der Waals surface area contributed by atoms with Crippen molar-refractivity contribution >= 4 is 0 Å². The van der Waals surface area contributed by atoms with E-state index in [0.29, 0.717) is 17.4 Å². The second kappa shape index (κ2) is 6.76. The van der Waals surface area contributed by atoms with Crippen LogP contribution in [0, 0.1) is 23.2 Å². The van der Waals surface area contributed by atoms with Gasteiger partial charge in [0.2, 0.25) is 0 Å². The smallest absolute Gasteiger partial charge is 0.136 e. The molecule has 3 heteroatoms. The normalized spacial score (nSPS) is 26.0. The van der Waals surface area contributed by atoms with E-state index in [0.717, 1.165) is 18.4 Å². The van der Waals surface area contributed by atoms with E-state index in [-0.39, 0.29) is 0 Å². The number of nitriles is 1. The predicted molar refractivity (Wildman–Crippen MR) is 80.5 cm³/mol. The van der Waals surface area contributed by atoms with Gasteiger partial charge in [0.15, 0.2) is 0 Å². The fourth-order valence-electron chi connectivity index (χ4n) is 2.93. The zero-order valence-electron chi connectivity index (χ0n) is 12.6. The van der Waals surface area contributed by atoms with Crippen molar-refractivity contribution in [2.24, 2.45) is 11.8 Å². The van der Waals surface area contributed by atoms with Crippen LogP contribution in [0.3, 0.4) is 0 Å². The first-order valence-electron chi connectivity index (χ1n) is 7.44. The number of ether oxygens (including phenoxy) is 1. The predicted octanol–water partition coefficient (Wildman–Crippen LogP) is 3.48. The summed E-state index contributed by atoms with van der Waals surface area (Å²) in [4.78, 5) is 0. The lowest BCUT2D eigenvalue weighted by molar-refractivity contribution is 0.225. The third-order valence-electron chi connectivity index (χ3n) is 4.58. The van der Waals surface area contributed by atoms with Gasteiger partial charge in [-0.1, -0.05) is 19.9 Å². The highest BCUT2D eigenvalue weighted by atomic mass is 16.5. The number of methoxy groups -OCH3 is 1. The molecule has 1 aliphatic rings. The lowest BCUT2D eigenvalue weighted by atomic mass is 9.79. The average molecular weight is 272 g/mol. The van der Waals surface area contributed by atoms with Gasteiger partial charge in [-0.25, -0.2) is 0 Å². The Hall–Kier alpha value is -1.53. The molecule has 2 rings (SSSR count). The van der Waals surface area contributed by atoms with Gasteiger partial charge in [-0.3, -0.25) is 0 Å². The molecule has 0 amide bonds. The summed E-state index contributed by atoms with van der Waals surface area (Å²) in [7, 11) is 1.61. The van der Waals surface area contributed by atoms with Gasteiger partial charge in [0.25, 0.3) is 0 Å². The SMILES string of the molecule is COc1cc(CNC2CCC(C)C(C)C2)ccc1C#N. The van der Waals surface area contributed by atoms with Gasteiger partial charge < -0.3 is 10.1 Å². The highest BCUT2D eigenvalue weighted by Gasteiger charge is 2.23. The Labute approximate surface area is 121 Å². The molecular weight excluding hydrogens is 248 g/mol. The summed E-state index contributed by atoms with van der Waals surface area (Å²) in [5.41, 5.74) is 1.77. The highest BCUT2D eigenvalue weighted by molar-refractivity contribution is 5.45. The Balaban J connectivity index is 1.93. The van der Waals surface area contributed by atoms with Crippen LogP contribution < -0.4 is 10.1 Å². The summed E-state index contributed by atoms with van der Waals surface area (Å²) in [6.45, 7) is 5.55. The first kappa shape index (κ1) is 14.9. The third kappa shape index (κ3) is 3.52. The fraction of sp³-hybridized carbons (Fsp3) is 0.588. The van der Waals surface area contributed by atoms with Crippen LogP contribution in [0.2, 0.25) is 0 Å². The first-order chi connectivity index (χ1) is 9.63. The van der Waals surface area contributed by atoms with Crippen molar-refractivity contribution < 1.29 is 4.74 Å². The largest absolute Gasteiger partial charge is 0.495 e. The summed E-state index contributed by atoms with van der Waals surface area (Å²) in [5.74, 6) is 2.32. The topological polar surface area (TPSA) is 45.0 Å². The molecule has 0 spiro atoms. The third-order valence-corrected chi connectivity index (χ3v) is 4.58. The van der Waals surface area contributed by atoms with Gasteiger partial charge in [-0.05, 0) is 48.8 Å². The summed E-state index contributed by atoms with van der Waals surface area (Å²) in [6.07, 6.45) is 3.84. The molecule has 1 aromatic rings. The molecule has 0 aliphatic heterocycles. The summed E-state index contributed by atoms with van der Waals surface area (Å²) in [6, 6.07) is 8.55. The van der Waals surface area contributed by atoms with Crippen LogP contribution in [0.5, 0.6) is 5.75 Å². The Kier molecular flexibility index (Phi) is 5.03. The number of rotatable bonds is 4. The van der Waals surface area contributed by atoms with Crippen molar-refractivity contribution in [2.75, 3.05) is 7.11 Å². The Morgan fingerprint density at radius 1 is 1.30 bits per heavy atom. The molecule has 1 N–H and O–H groups in total. The number of benzene rings is 1. The average Bonchev–Trinajstić information content (AvgIpc) is 2.48. The molecule has 108 valence electrons. The molecule has 1 fully saturated rings. The van der Waals surface area contributed by atoms with E-state index in [1.807, 2.05) is 18.2 Å². The Bertz CT molecular complexity index is 492. The zero-order valence-corrected chi connectivity index (χ0v) is 12.6. The molecule has 0 bridgehead atoms. The van der Waals surface area contributed by atoms with Gasteiger partial charge in [0, 0.05) is 12.6 Å². The monoisotopic (exact) mass is 272 g/mol. The van der Waals surface area contributed by atoms with Gasteiger partial charge in [-0.15, -0.1) is 0 Å². The lowest BCUT2D eigenvalue weighted by Gasteiger charge is -2.32. The van der Waals surface area contributed by atoms with Crippen LogP contribution >= 0.6 is 0 Å². The highest BCUT2D eigenvalue weighted by Crippen LogP contribution is 2.29. The van der Waals surface area contributed by atoms with E-state index >= 15 is 0 Å². The Morgan fingerprint density at radius 3 is 2.75 bits per heavy atom. The number of hydrogen-bond donors (Lipinski definition) is 1. The van der Waals surface area contributed by atoms with Crippen molar-refractivity contribution in [2.45, 2.75) is 45.7 Å². The van der Waals surface area contributed by atoms with E-state index in [1.165, 1.54) is 24.8 Å². The van der Waals surface area contributed by atoms with Crippen molar-refractivity contribution in [3.8, 4) is 11.8 Å². The van der Waals surface area contributed by atoms with Crippen LogP contribution in [-0.2, 0) is 6.54 Å². The second-order valence-electron chi connectivity index (χ2n) is 5.99. The van der Waals surface area contributed by atoms with Crippen molar-refractivity contribution in [1.82, 2.24) is 5.32 Å². The molecule has 1 aliphatic carbocycles. The molecule has 0 aromatic heterocycles. The Morgan fingerprint density at radius 2 is 2.10 bits per heavy atom. The minimum absolute atomic E-state index is 0.594. The van der Waals surface area contributed by atoms with E-state index < -0.39 is 0 Å². The van der Waals surface area contributed by atoms with Crippen LogP contribution in [-0.4, -0.2) is 13.2 Å². The van der Waals surface area contributed by atoms with E-state index in [4.69, 9.17) is 10.00 Å². The minimum atomic E-state index is 0.594. The molecule has 20 heavy (non-hydrogen) atoms. The maximum Gasteiger partial charge on any atom is 0.136 e. The molecule has 0 saturated heterocycles. The molecule has 1 aromatic carbocycles. The maximum atomic E-state index is 8.98. The molecule has 0 radical (unpaired) electrons. The summed E-state index contributed by atoms with van der Waals surface area (Å²) < 4.78 is 5.25. The van der Waals surface area contributed by atoms with Crippen molar-refractivity contribution in [1.29, 1.82) is 5.26 Å². The van der Waals surface area contributed by atoms with Gasteiger partial charge >= 0.3 is 0 Å². The molecule has 1 saturated carbocycles. The van der Waals surface area contributed by atoms with E-state index in [2.05, 4.69) is 25.2 Å². The lowest BCUT2D eigenvalue weighted by Crippen LogP contribution is -2.35. The minimum Gasteiger partial charge on any atom is -0.495 e. The molecule has 3 unspecified atom stereocenters. The number of hydrogen-bond acceptors (Lipinski definition) is 3. The van der Waals surface area contributed by atoms with E-state index in [9.17, 15) is 0 Å². The van der Waals surface area contributed by atoms with Crippen LogP contribution in [0.15, 0.2) is 18.2 Å². The number of nitrogens with zero attached hydrogens (tertiary/aromatic N) is 1.